The molecule has 31 heavy (non-hydrogen) atoms. The van der Waals surface area contributed by atoms with E-state index in [2.05, 4.69) is 20.1 Å². The van der Waals surface area contributed by atoms with Crippen LogP contribution in [0.4, 0.5) is 0 Å². The van der Waals surface area contributed by atoms with E-state index in [0.29, 0.717) is 30.2 Å². The smallest absolute Gasteiger partial charge is 0.251 e. The van der Waals surface area contributed by atoms with Crippen molar-refractivity contribution in [2.24, 2.45) is 11.7 Å². The number of aryl methyl sites for hydroxylation is 1. The predicted octanol–water partition coefficient (Wildman–Crippen LogP) is 2.31. The minimum atomic E-state index is -1.57. The van der Waals surface area contributed by atoms with Crippen LogP contribution in [0.1, 0.15) is 31.2 Å². The predicted molar refractivity (Wildman–Crippen MR) is 116 cm³/mol. The Bertz CT molecular complexity index is 1250. The van der Waals surface area contributed by atoms with E-state index in [1.165, 1.54) is 0 Å². The molecular weight excluding hydrogens is 392 g/mol. The Balaban J connectivity index is 1.54. The first-order valence-electron chi connectivity index (χ1n) is 10.4. The highest BCUT2D eigenvalue weighted by molar-refractivity contribution is 5.84. The van der Waals surface area contributed by atoms with Gasteiger partial charge < -0.3 is 10.2 Å². The Labute approximate surface area is 179 Å². The molecule has 1 aliphatic carbocycles. The first kappa shape index (κ1) is 19.7. The molecule has 5 rings (SSSR count). The van der Waals surface area contributed by atoms with Crippen molar-refractivity contribution in [1.29, 1.82) is 0 Å². The average Bonchev–Trinajstić information content (AvgIpc) is 3.20. The largest absolute Gasteiger partial charge is 0.393 e. The quantitative estimate of drug-likeness (QED) is 0.427. The van der Waals surface area contributed by atoms with Gasteiger partial charge in [0.15, 0.2) is 5.72 Å². The fourth-order valence-electron chi connectivity index (χ4n) is 4.00. The second-order valence-electron chi connectivity index (χ2n) is 8.09. The van der Waals surface area contributed by atoms with Crippen LogP contribution in [0.2, 0.25) is 0 Å². The number of aliphatic hydroxyl groups excluding tert-OH is 1. The molecule has 158 valence electrons. The van der Waals surface area contributed by atoms with E-state index in [0.717, 1.165) is 28.6 Å². The lowest BCUT2D eigenvalue weighted by molar-refractivity contribution is -0.102. The van der Waals surface area contributed by atoms with E-state index in [1.807, 2.05) is 43.3 Å². The molecule has 1 saturated carbocycles. The van der Waals surface area contributed by atoms with E-state index in [9.17, 15) is 10.2 Å². The molecule has 0 bridgehead atoms. The van der Waals surface area contributed by atoms with Crippen molar-refractivity contribution in [2.45, 2.75) is 38.0 Å². The fraction of sp³-hybridized carbons (Fsp3) is 0.304. The maximum atomic E-state index is 10.8. The van der Waals surface area contributed by atoms with Crippen molar-refractivity contribution in [3.8, 4) is 17.2 Å². The van der Waals surface area contributed by atoms with Gasteiger partial charge in [-0.15, -0.1) is 0 Å². The van der Waals surface area contributed by atoms with Crippen molar-refractivity contribution in [3.63, 3.8) is 0 Å². The first-order chi connectivity index (χ1) is 15.0. The SMILES string of the molecule is CCc1ccnc(-n2ncc3ccc(-c4cccc([C@](N)(O)C5CC(O)C5)n4)cc32)n1. The zero-order chi connectivity index (χ0) is 21.6. The molecule has 0 saturated heterocycles. The van der Waals surface area contributed by atoms with Crippen molar-refractivity contribution >= 4 is 10.9 Å². The standard InChI is InChI=1S/C23H24N6O2/c1-2-17-8-9-25-22(27-17)29-20-10-14(6-7-15(20)13-26-29)19-4-3-5-21(28-19)23(24,31)16-11-18(30)12-16/h3-10,13,16,18,30-31H,2,11-12,24H2,1H3/t16?,18?,23-/m1/s1. The van der Waals surface area contributed by atoms with E-state index < -0.39 is 11.8 Å². The van der Waals surface area contributed by atoms with Crippen LogP contribution in [0.25, 0.3) is 28.1 Å². The third kappa shape index (κ3) is 3.48. The fourth-order valence-corrected chi connectivity index (χ4v) is 4.00. The Kier molecular flexibility index (Phi) is 4.77. The summed E-state index contributed by atoms with van der Waals surface area (Å²) in [5.41, 5.74) is 8.40. The summed E-state index contributed by atoms with van der Waals surface area (Å²) in [5, 5.41) is 25.9. The number of aromatic nitrogens is 5. The van der Waals surface area contributed by atoms with Crippen molar-refractivity contribution < 1.29 is 10.2 Å². The molecule has 0 aliphatic heterocycles. The number of hydrogen-bond acceptors (Lipinski definition) is 7. The van der Waals surface area contributed by atoms with Crippen LogP contribution in [0.15, 0.2) is 54.9 Å². The highest BCUT2D eigenvalue weighted by Gasteiger charge is 2.43. The molecule has 1 aromatic carbocycles. The van der Waals surface area contributed by atoms with Crippen LogP contribution in [-0.4, -0.2) is 41.0 Å². The topological polar surface area (TPSA) is 123 Å². The molecule has 3 heterocycles. The zero-order valence-corrected chi connectivity index (χ0v) is 17.2. The molecule has 1 aliphatic rings. The molecule has 0 radical (unpaired) electrons. The highest BCUT2D eigenvalue weighted by atomic mass is 16.3. The number of pyridine rings is 1. The Morgan fingerprint density at radius 3 is 2.77 bits per heavy atom. The molecule has 4 N–H and O–H groups in total. The molecular formula is C23H24N6O2. The van der Waals surface area contributed by atoms with Crippen molar-refractivity contribution in [3.05, 3.63) is 66.2 Å². The van der Waals surface area contributed by atoms with E-state index in [-0.39, 0.29) is 5.92 Å². The van der Waals surface area contributed by atoms with Gasteiger partial charge in [0.1, 0.15) is 0 Å². The molecule has 8 heteroatoms. The van der Waals surface area contributed by atoms with Gasteiger partial charge in [-0.1, -0.05) is 25.1 Å². The van der Waals surface area contributed by atoms with Gasteiger partial charge in [0.2, 0.25) is 0 Å². The molecule has 1 fully saturated rings. The summed E-state index contributed by atoms with van der Waals surface area (Å²) in [6, 6.07) is 13.3. The van der Waals surface area contributed by atoms with Gasteiger partial charge in [-0.2, -0.15) is 9.78 Å². The van der Waals surface area contributed by atoms with Crippen LogP contribution in [0.3, 0.4) is 0 Å². The van der Waals surface area contributed by atoms with E-state index in [1.54, 1.807) is 23.1 Å². The third-order valence-corrected chi connectivity index (χ3v) is 6.01. The van der Waals surface area contributed by atoms with Crippen LogP contribution in [-0.2, 0) is 12.1 Å². The summed E-state index contributed by atoms with van der Waals surface area (Å²) < 4.78 is 1.72. The number of hydrogen-bond donors (Lipinski definition) is 3. The van der Waals surface area contributed by atoms with Gasteiger partial charge in [-0.25, -0.2) is 15.0 Å². The normalized spacial score (nSPS) is 20.4. The average molecular weight is 416 g/mol. The lowest BCUT2D eigenvalue weighted by Crippen LogP contribution is -2.51. The summed E-state index contributed by atoms with van der Waals surface area (Å²) in [6.07, 6.45) is 4.88. The summed E-state index contributed by atoms with van der Waals surface area (Å²) in [4.78, 5) is 13.6. The number of fused-ring (bicyclic) bond motifs is 1. The second-order valence-corrected chi connectivity index (χ2v) is 8.09. The molecule has 0 spiro atoms. The molecule has 8 nitrogen and oxygen atoms in total. The highest BCUT2D eigenvalue weighted by Crippen LogP contribution is 2.39. The minimum Gasteiger partial charge on any atom is -0.393 e. The summed E-state index contributed by atoms with van der Waals surface area (Å²) >= 11 is 0. The van der Waals surface area contributed by atoms with Gasteiger partial charge in [0, 0.05) is 28.8 Å². The maximum Gasteiger partial charge on any atom is 0.251 e. The van der Waals surface area contributed by atoms with Crippen LogP contribution in [0, 0.1) is 5.92 Å². The number of nitrogens with two attached hydrogens (primary N) is 1. The first-order valence-corrected chi connectivity index (χ1v) is 10.4. The molecule has 0 unspecified atom stereocenters. The summed E-state index contributed by atoms with van der Waals surface area (Å²) in [6.45, 7) is 2.05. The second kappa shape index (κ2) is 7.49. The van der Waals surface area contributed by atoms with Gasteiger partial charge in [0.05, 0.1) is 29.2 Å². The number of aliphatic hydroxyl groups is 2. The van der Waals surface area contributed by atoms with Gasteiger partial charge >= 0.3 is 0 Å². The Morgan fingerprint density at radius 1 is 1.16 bits per heavy atom. The molecule has 4 aromatic rings. The monoisotopic (exact) mass is 416 g/mol. The molecule has 1 atom stereocenters. The van der Waals surface area contributed by atoms with Crippen LogP contribution >= 0.6 is 0 Å². The van der Waals surface area contributed by atoms with Gasteiger partial charge in [-0.05, 0) is 43.5 Å². The minimum absolute atomic E-state index is 0.211. The summed E-state index contributed by atoms with van der Waals surface area (Å²) in [7, 11) is 0. The molecule has 0 amide bonds. The maximum absolute atomic E-state index is 10.8. The lowest BCUT2D eigenvalue weighted by atomic mass is 9.74. The number of rotatable bonds is 5. The Hall–Kier alpha value is -3.20. The van der Waals surface area contributed by atoms with Crippen molar-refractivity contribution in [1.82, 2.24) is 24.7 Å². The lowest BCUT2D eigenvalue weighted by Gasteiger charge is -2.41. The van der Waals surface area contributed by atoms with Crippen LogP contribution < -0.4 is 5.73 Å². The Morgan fingerprint density at radius 2 is 2.00 bits per heavy atom. The van der Waals surface area contributed by atoms with E-state index >= 15 is 0 Å². The van der Waals surface area contributed by atoms with Gasteiger partial charge in [0.25, 0.3) is 5.95 Å². The number of benzene rings is 1. The summed E-state index contributed by atoms with van der Waals surface area (Å²) in [5.74, 6) is 0.310. The van der Waals surface area contributed by atoms with Crippen LogP contribution in [0.5, 0.6) is 0 Å². The zero-order valence-electron chi connectivity index (χ0n) is 17.2. The van der Waals surface area contributed by atoms with Gasteiger partial charge in [-0.3, -0.25) is 5.73 Å². The van der Waals surface area contributed by atoms with Crippen molar-refractivity contribution in [2.75, 3.05) is 0 Å². The third-order valence-electron chi connectivity index (χ3n) is 6.01. The number of nitrogens with zero attached hydrogens (tertiary/aromatic N) is 5. The van der Waals surface area contributed by atoms with E-state index in [4.69, 9.17) is 5.73 Å². The molecule has 3 aromatic heterocycles.